The summed E-state index contributed by atoms with van der Waals surface area (Å²) >= 11 is 5.91. The minimum absolute atomic E-state index is 0.192. The Morgan fingerprint density at radius 3 is 2.47 bits per heavy atom. The Morgan fingerprint density at radius 2 is 1.78 bits per heavy atom. The molecule has 4 rings (SSSR count). The molecule has 32 heavy (non-hydrogen) atoms. The van der Waals surface area contributed by atoms with Gasteiger partial charge in [-0.1, -0.05) is 41.9 Å². The van der Waals surface area contributed by atoms with E-state index in [0.29, 0.717) is 34.2 Å². The highest BCUT2D eigenvalue weighted by molar-refractivity contribution is 6.30. The Morgan fingerprint density at radius 1 is 1.06 bits per heavy atom. The van der Waals surface area contributed by atoms with Crippen LogP contribution in [0.25, 0.3) is 11.1 Å². The number of aromatic carboxylic acids is 1. The summed E-state index contributed by atoms with van der Waals surface area (Å²) in [5.74, 6) is -1.31. The van der Waals surface area contributed by atoms with Crippen LogP contribution in [0.3, 0.4) is 0 Å². The molecule has 3 aromatic carbocycles. The lowest BCUT2D eigenvalue weighted by Gasteiger charge is -2.14. The van der Waals surface area contributed by atoms with Crippen LogP contribution in [-0.2, 0) is 6.54 Å². The second kappa shape index (κ2) is 9.11. The Kier molecular flexibility index (Phi) is 6.09. The van der Waals surface area contributed by atoms with Crippen molar-refractivity contribution in [1.29, 1.82) is 0 Å². The molecular formula is C24H20ClN3O4. The van der Waals surface area contributed by atoms with E-state index in [-0.39, 0.29) is 17.5 Å². The van der Waals surface area contributed by atoms with Crippen LogP contribution < -0.4 is 10.6 Å². The van der Waals surface area contributed by atoms with Gasteiger partial charge in [-0.25, -0.2) is 4.79 Å². The second-order valence-electron chi connectivity index (χ2n) is 7.28. The fourth-order valence-electron chi connectivity index (χ4n) is 3.26. The van der Waals surface area contributed by atoms with Crippen molar-refractivity contribution >= 4 is 40.6 Å². The topological polar surface area (TPSA) is 104 Å². The summed E-state index contributed by atoms with van der Waals surface area (Å²) in [6.45, 7) is 2.32. The molecule has 0 aliphatic rings. The third-order valence-electron chi connectivity index (χ3n) is 5.02. The van der Waals surface area contributed by atoms with Crippen molar-refractivity contribution in [3.05, 3.63) is 94.0 Å². The number of rotatable bonds is 7. The zero-order valence-electron chi connectivity index (χ0n) is 17.1. The molecule has 7 nitrogen and oxygen atoms in total. The van der Waals surface area contributed by atoms with Gasteiger partial charge in [0.15, 0.2) is 5.58 Å². The molecule has 0 saturated carbocycles. The number of carboxylic acids is 1. The minimum Gasteiger partial charge on any atom is -0.478 e. The smallest absolute Gasteiger partial charge is 0.335 e. The average Bonchev–Trinajstić information content (AvgIpc) is 3.22. The van der Waals surface area contributed by atoms with Gasteiger partial charge in [0.05, 0.1) is 17.2 Å². The van der Waals surface area contributed by atoms with Crippen molar-refractivity contribution in [1.82, 2.24) is 10.3 Å². The minimum atomic E-state index is -0.995. The number of hydrogen-bond acceptors (Lipinski definition) is 5. The van der Waals surface area contributed by atoms with Crippen molar-refractivity contribution in [3.63, 3.8) is 0 Å². The van der Waals surface area contributed by atoms with Gasteiger partial charge in [-0.3, -0.25) is 4.79 Å². The molecule has 0 radical (unpaired) electrons. The van der Waals surface area contributed by atoms with Gasteiger partial charge in [-0.05, 0) is 54.4 Å². The quantitative estimate of drug-likeness (QED) is 0.354. The van der Waals surface area contributed by atoms with E-state index in [2.05, 4.69) is 15.6 Å². The van der Waals surface area contributed by atoms with Crippen LogP contribution >= 0.6 is 11.6 Å². The van der Waals surface area contributed by atoms with E-state index in [0.717, 1.165) is 11.1 Å². The molecule has 0 unspecified atom stereocenters. The molecule has 0 saturated heterocycles. The Hall–Kier alpha value is -3.84. The Balaban J connectivity index is 1.48. The molecule has 4 aromatic rings. The summed E-state index contributed by atoms with van der Waals surface area (Å²) in [4.78, 5) is 28.3. The molecule has 0 fully saturated rings. The van der Waals surface area contributed by atoms with Gasteiger partial charge < -0.3 is 20.2 Å². The van der Waals surface area contributed by atoms with E-state index in [9.17, 15) is 9.59 Å². The van der Waals surface area contributed by atoms with Crippen LogP contribution in [0.5, 0.6) is 0 Å². The van der Waals surface area contributed by atoms with Crippen LogP contribution in [0.4, 0.5) is 6.01 Å². The van der Waals surface area contributed by atoms with Gasteiger partial charge in [0, 0.05) is 11.6 Å². The Bertz CT molecular complexity index is 1270. The number of oxazole rings is 1. The maximum atomic E-state index is 12.9. The zero-order valence-corrected chi connectivity index (χ0v) is 17.9. The maximum absolute atomic E-state index is 12.9. The molecule has 0 bridgehead atoms. The van der Waals surface area contributed by atoms with E-state index in [1.54, 1.807) is 30.3 Å². The first-order valence-electron chi connectivity index (χ1n) is 9.92. The number of hydrogen-bond donors (Lipinski definition) is 3. The molecule has 1 heterocycles. The first-order valence-corrected chi connectivity index (χ1v) is 10.3. The van der Waals surface area contributed by atoms with Gasteiger partial charge in [0.2, 0.25) is 0 Å². The van der Waals surface area contributed by atoms with Crippen LogP contribution in [0.1, 0.15) is 44.8 Å². The lowest BCUT2D eigenvalue weighted by Crippen LogP contribution is -2.26. The third kappa shape index (κ3) is 4.73. The first kappa shape index (κ1) is 21.4. The first-order chi connectivity index (χ1) is 15.4. The van der Waals surface area contributed by atoms with Crippen molar-refractivity contribution in [2.45, 2.75) is 19.5 Å². The number of carbonyl (C=O) groups is 2. The number of amides is 1. The van der Waals surface area contributed by atoms with Crippen LogP contribution in [0.15, 0.2) is 71.1 Å². The molecule has 162 valence electrons. The van der Waals surface area contributed by atoms with Gasteiger partial charge in [-0.2, -0.15) is 4.98 Å². The molecule has 0 aliphatic heterocycles. The predicted octanol–water partition coefficient (Wildman–Crippen LogP) is 5.28. The van der Waals surface area contributed by atoms with E-state index < -0.39 is 5.97 Å². The summed E-state index contributed by atoms with van der Waals surface area (Å²) < 4.78 is 5.82. The molecule has 1 amide bonds. The standard InChI is InChI=1S/C24H20ClN3O4/c1-14(16-7-9-17(10-8-16)23(30)31)27-22(29)19-3-2-4-20-21(19)32-24(28-20)26-13-15-5-11-18(25)12-6-15/h2-12,14H,13H2,1H3,(H,26,28)(H,27,29)(H,30,31)/t14-/m0/s1. The summed E-state index contributed by atoms with van der Waals surface area (Å²) in [5.41, 5.74) is 3.31. The molecule has 8 heteroatoms. The number of carbonyl (C=O) groups excluding carboxylic acids is 1. The normalized spacial score (nSPS) is 11.8. The average molecular weight is 450 g/mol. The summed E-state index contributed by atoms with van der Waals surface area (Å²) in [6.07, 6.45) is 0. The highest BCUT2D eigenvalue weighted by atomic mass is 35.5. The van der Waals surface area contributed by atoms with Crippen LogP contribution in [-0.4, -0.2) is 22.0 Å². The lowest BCUT2D eigenvalue weighted by molar-refractivity contribution is 0.0696. The van der Waals surface area contributed by atoms with Crippen molar-refractivity contribution in [2.75, 3.05) is 5.32 Å². The highest BCUT2D eigenvalue weighted by Gasteiger charge is 2.18. The highest BCUT2D eigenvalue weighted by Crippen LogP contribution is 2.24. The number of para-hydroxylation sites is 1. The zero-order chi connectivity index (χ0) is 22.7. The van der Waals surface area contributed by atoms with E-state index in [4.69, 9.17) is 21.1 Å². The number of carboxylic acid groups (broad SMARTS) is 1. The van der Waals surface area contributed by atoms with E-state index >= 15 is 0 Å². The van der Waals surface area contributed by atoms with Gasteiger partial charge in [0.1, 0.15) is 5.52 Å². The molecule has 0 aliphatic carbocycles. The van der Waals surface area contributed by atoms with Crippen molar-refractivity contribution in [2.24, 2.45) is 0 Å². The van der Waals surface area contributed by atoms with Crippen LogP contribution in [0.2, 0.25) is 5.02 Å². The fourth-order valence-corrected chi connectivity index (χ4v) is 3.38. The number of nitrogens with one attached hydrogen (secondary N) is 2. The monoisotopic (exact) mass is 449 g/mol. The van der Waals surface area contributed by atoms with Gasteiger partial charge in [0.25, 0.3) is 11.9 Å². The molecule has 3 N–H and O–H groups in total. The summed E-state index contributed by atoms with van der Waals surface area (Å²) in [6, 6.07) is 19.0. The Labute approximate surface area is 189 Å². The van der Waals surface area contributed by atoms with E-state index in [1.165, 1.54) is 12.1 Å². The molecule has 1 atom stereocenters. The van der Waals surface area contributed by atoms with Crippen molar-refractivity contribution in [3.8, 4) is 0 Å². The van der Waals surface area contributed by atoms with E-state index in [1.807, 2.05) is 31.2 Å². The third-order valence-corrected chi connectivity index (χ3v) is 5.27. The predicted molar refractivity (Wildman–Crippen MR) is 122 cm³/mol. The van der Waals surface area contributed by atoms with Crippen LogP contribution in [0, 0.1) is 0 Å². The van der Waals surface area contributed by atoms with Gasteiger partial charge in [-0.15, -0.1) is 0 Å². The molecular weight excluding hydrogens is 430 g/mol. The summed E-state index contributed by atoms with van der Waals surface area (Å²) in [5, 5.41) is 15.7. The molecule has 1 aromatic heterocycles. The number of halogens is 1. The number of nitrogens with zero attached hydrogens (tertiary/aromatic N) is 1. The lowest BCUT2D eigenvalue weighted by atomic mass is 10.1. The fraction of sp³-hybridized carbons (Fsp3) is 0.125. The maximum Gasteiger partial charge on any atom is 0.335 e. The molecule has 0 spiro atoms. The number of anilines is 1. The van der Waals surface area contributed by atoms with Gasteiger partial charge >= 0.3 is 5.97 Å². The second-order valence-corrected chi connectivity index (χ2v) is 7.71. The number of aromatic nitrogens is 1. The number of benzene rings is 3. The number of fused-ring (bicyclic) bond motifs is 1. The van der Waals surface area contributed by atoms with Crippen molar-refractivity contribution < 1.29 is 19.1 Å². The SMILES string of the molecule is C[C@H](NC(=O)c1cccc2nc(NCc3ccc(Cl)cc3)oc12)c1ccc(C(=O)O)cc1. The summed E-state index contributed by atoms with van der Waals surface area (Å²) in [7, 11) is 0. The largest absolute Gasteiger partial charge is 0.478 e.